The van der Waals surface area contributed by atoms with Gasteiger partial charge in [-0.05, 0) is 48.9 Å². The number of halogens is 4. The second-order valence-electron chi connectivity index (χ2n) is 8.38. The molecule has 0 bridgehead atoms. The highest BCUT2D eigenvalue weighted by atomic mass is 35.5. The minimum Gasteiger partial charge on any atom is -0.331 e. The predicted octanol–water partition coefficient (Wildman–Crippen LogP) is 7.11. The Labute approximate surface area is 226 Å². The summed E-state index contributed by atoms with van der Waals surface area (Å²) >= 11 is 7.11. The highest BCUT2D eigenvalue weighted by molar-refractivity contribution is 7.18. The van der Waals surface area contributed by atoms with E-state index in [0.717, 1.165) is 35.4 Å². The van der Waals surface area contributed by atoms with Crippen molar-refractivity contribution in [2.45, 2.75) is 25.6 Å². The van der Waals surface area contributed by atoms with Gasteiger partial charge in [-0.1, -0.05) is 65.4 Å². The molecule has 38 heavy (non-hydrogen) atoms. The number of aromatic nitrogens is 2. The number of alkyl halides is 3. The average molecular weight is 559 g/mol. The summed E-state index contributed by atoms with van der Waals surface area (Å²) < 4.78 is 38.9. The van der Waals surface area contributed by atoms with Crippen molar-refractivity contribution in [3.63, 3.8) is 0 Å². The van der Waals surface area contributed by atoms with Gasteiger partial charge < -0.3 is 10.2 Å². The summed E-state index contributed by atoms with van der Waals surface area (Å²) in [7, 11) is 0. The number of carbonyl (C=O) groups excluding carboxylic acids is 2. The normalized spacial score (nSPS) is 12.1. The van der Waals surface area contributed by atoms with Gasteiger partial charge in [0, 0.05) is 29.1 Å². The summed E-state index contributed by atoms with van der Waals surface area (Å²) in [5, 5.41) is 12.3. The van der Waals surface area contributed by atoms with Crippen LogP contribution in [0, 0.1) is 0 Å². The molecule has 3 aromatic carbocycles. The first-order chi connectivity index (χ1) is 18.1. The molecule has 4 aromatic rings. The summed E-state index contributed by atoms with van der Waals surface area (Å²) in [5.74, 6) is -0.863. The van der Waals surface area contributed by atoms with Gasteiger partial charge in [-0.15, -0.1) is 10.2 Å². The smallest absolute Gasteiger partial charge is 0.331 e. The van der Waals surface area contributed by atoms with E-state index in [-0.39, 0.29) is 24.4 Å². The van der Waals surface area contributed by atoms with E-state index in [1.807, 2.05) is 30.3 Å². The summed E-state index contributed by atoms with van der Waals surface area (Å²) in [6.45, 7) is 1.84. The zero-order valence-electron chi connectivity index (χ0n) is 20.1. The maximum Gasteiger partial charge on any atom is 0.416 e. The van der Waals surface area contributed by atoms with E-state index < -0.39 is 23.7 Å². The zero-order chi connectivity index (χ0) is 27.3. The van der Waals surface area contributed by atoms with Gasteiger partial charge in [0.05, 0.1) is 11.6 Å². The van der Waals surface area contributed by atoms with Crippen LogP contribution < -0.4 is 5.32 Å². The Morgan fingerprint density at radius 1 is 0.974 bits per heavy atom. The van der Waals surface area contributed by atoms with Crippen LogP contribution in [-0.4, -0.2) is 33.5 Å². The number of amides is 2. The first-order valence-electron chi connectivity index (χ1n) is 11.5. The van der Waals surface area contributed by atoms with Crippen molar-refractivity contribution in [3.05, 3.63) is 101 Å². The van der Waals surface area contributed by atoms with Gasteiger partial charge in [-0.3, -0.25) is 9.59 Å². The molecule has 0 spiro atoms. The van der Waals surface area contributed by atoms with Crippen molar-refractivity contribution in [3.8, 4) is 10.6 Å². The molecule has 6 nitrogen and oxygen atoms in total. The summed E-state index contributed by atoms with van der Waals surface area (Å²) in [4.78, 5) is 27.6. The molecule has 0 radical (unpaired) electrons. The van der Waals surface area contributed by atoms with E-state index in [1.165, 1.54) is 16.2 Å². The number of hydrogen-bond donors (Lipinski definition) is 1. The van der Waals surface area contributed by atoms with Crippen LogP contribution in [0.25, 0.3) is 10.6 Å². The molecule has 2 amide bonds. The second-order valence-corrected chi connectivity index (χ2v) is 9.79. The number of rotatable bonds is 8. The lowest BCUT2D eigenvalue weighted by Gasteiger charge is -2.30. The molecule has 0 aliphatic rings. The molecule has 0 unspecified atom stereocenters. The summed E-state index contributed by atoms with van der Waals surface area (Å²) in [6, 6.07) is 19.8. The van der Waals surface area contributed by atoms with Crippen LogP contribution in [0.15, 0.2) is 78.9 Å². The number of nitrogens with one attached hydrogen (secondary N) is 1. The molecule has 196 valence electrons. The fourth-order valence-corrected chi connectivity index (χ4v) is 4.63. The Hall–Kier alpha value is -3.76. The van der Waals surface area contributed by atoms with Crippen LogP contribution in [0.1, 0.15) is 40.9 Å². The molecule has 0 fully saturated rings. The Morgan fingerprint density at radius 3 is 2.26 bits per heavy atom. The zero-order valence-corrected chi connectivity index (χ0v) is 21.6. The lowest BCUT2D eigenvalue weighted by Crippen LogP contribution is -2.36. The molecule has 1 atom stereocenters. The van der Waals surface area contributed by atoms with Gasteiger partial charge >= 0.3 is 6.18 Å². The van der Waals surface area contributed by atoms with Crippen LogP contribution in [0.5, 0.6) is 0 Å². The highest BCUT2D eigenvalue weighted by Crippen LogP contribution is 2.30. The summed E-state index contributed by atoms with van der Waals surface area (Å²) in [5.41, 5.74) is 0.881. The van der Waals surface area contributed by atoms with Gasteiger partial charge in [0.15, 0.2) is 0 Å². The molecule has 1 heterocycles. The van der Waals surface area contributed by atoms with Crippen molar-refractivity contribution >= 4 is 39.9 Å². The van der Waals surface area contributed by atoms with Crippen molar-refractivity contribution in [1.29, 1.82) is 0 Å². The lowest BCUT2D eigenvalue weighted by molar-refractivity contribution is -0.137. The standard InChI is InChI=1S/C27H22ClF3N4O2S/c1-17(18-5-3-2-4-6-18)35(25(37)20-7-11-21(12-8-20)27(29,30)31)16-15-23(36)32-26-34-33-24(38-26)19-9-13-22(28)14-10-19/h2-14,17H,15-16H2,1H3,(H,32,34,36)/t17-/m0/s1. The fourth-order valence-electron chi connectivity index (χ4n) is 3.74. The third-order valence-corrected chi connectivity index (χ3v) is 6.95. The molecule has 1 aromatic heterocycles. The maximum atomic E-state index is 13.4. The second kappa shape index (κ2) is 11.7. The molecular weight excluding hydrogens is 537 g/mol. The molecule has 0 saturated heterocycles. The van der Waals surface area contributed by atoms with E-state index in [4.69, 9.17) is 11.6 Å². The minimum absolute atomic E-state index is 0.0323. The Kier molecular flexibility index (Phi) is 8.43. The van der Waals surface area contributed by atoms with Gasteiger partial charge in [-0.2, -0.15) is 13.2 Å². The number of anilines is 1. The maximum absolute atomic E-state index is 13.4. The molecule has 0 aliphatic carbocycles. The Balaban J connectivity index is 1.47. The Bertz CT molecular complexity index is 1390. The topological polar surface area (TPSA) is 75.2 Å². The van der Waals surface area contributed by atoms with Crippen molar-refractivity contribution < 1.29 is 22.8 Å². The van der Waals surface area contributed by atoms with Crippen molar-refractivity contribution in [2.24, 2.45) is 0 Å². The van der Waals surface area contributed by atoms with E-state index in [0.29, 0.717) is 15.2 Å². The number of benzene rings is 3. The number of carbonyl (C=O) groups is 2. The third-order valence-electron chi connectivity index (χ3n) is 5.81. The molecule has 0 saturated carbocycles. The fraction of sp³-hybridized carbons (Fsp3) is 0.185. The first-order valence-corrected chi connectivity index (χ1v) is 12.7. The number of hydrogen-bond acceptors (Lipinski definition) is 5. The highest BCUT2D eigenvalue weighted by Gasteiger charge is 2.31. The predicted molar refractivity (Wildman–Crippen MR) is 141 cm³/mol. The van der Waals surface area contributed by atoms with Crippen LogP contribution in [0.2, 0.25) is 5.02 Å². The molecule has 1 N–H and O–H groups in total. The van der Waals surface area contributed by atoms with Crippen LogP contribution in [-0.2, 0) is 11.0 Å². The van der Waals surface area contributed by atoms with E-state index in [9.17, 15) is 22.8 Å². The van der Waals surface area contributed by atoms with Gasteiger partial charge in [0.25, 0.3) is 5.91 Å². The van der Waals surface area contributed by atoms with Gasteiger partial charge in [-0.25, -0.2) is 0 Å². The molecule has 11 heteroatoms. The van der Waals surface area contributed by atoms with Crippen LogP contribution in [0.3, 0.4) is 0 Å². The molecule has 0 aliphatic heterocycles. The summed E-state index contributed by atoms with van der Waals surface area (Å²) in [6.07, 6.45) is -4.56. The van der Waals surface area contributed by atoms with Gasteiger partial charge in [0.1, 0.15) is 5.01 Å². The molecular formula is C27H22ClF3N4O2S. The average Bonchev–Trinajstić information content (AvgIpc) is 3.37. The van der Waals surface area contributed by atoms with Gasteiger partial charge in [0.2, 0.25) is 11.0 Å². The monoisotopic (exact) mass is 558 g/mol. The first kappa shape index (κ1) is 27.3. The van der Waals surface area contributed by atoms with E-state index in [1.54, 1.807) is 31.2 Å². The van der Waals surface area contributed by atoms with Crippen LogP contribution in [0.4, 0.5) is 18.3 Å². The number of nitrogens with zero attached hydrogens (tertiary/aromatic N) is 3. The van der Waals surface area contributed by atoms with E-state index >= 15 is 0 Å². The Morgan fingerprint density at radius 2 is 1.63 bits per heavy atom. The largest absolute Gasteiger partial charge is 0.416 e. The SMILES string of the molecule is C[C@@H](c1ccccc1)N(CCC(=O)Nc1nnc(-c2ccc(Cl)cc2)s1)C(=O)c1ccc(C(F)(F)F)cc1. The minimum atomic E-state index is -4.51. The van der Waals surface area contributed by atoms with Crippen LogP contribution >= 0.6 is 22.9 Å². The van der Waals surface area contributed by atoms with E-state index in [2.05, 4.69) is 15.5 Å². The quantitative estimate of drug-likeness (QED) is 0.250. The van der Waals surface area contributed by atoms with Crippen molar-refractivity contribution in [2.75, 3.05) is 11.9 Å². The lowest BCUT2D eigenvalue weighted by atomic mass is 10.0. The third kappa shape index (κ3) is 6.76. The van der Waals surface area contributed by atoms with Crippen molar-refractivity contribution in [1.82, 2.24) is 15.1 Å². The molecule has 4 rings (SSSR count).